The number of anilines is 1. The molecule has 6 aliphatic heterocycles. The van der Waals surface area contributed by atoms with Gasteiger partial charge in [-0.05, 0) is 161 Å². The number of sulfonamides is 1. The first-order valence-electron chi connectivity index (χ1n) is 35.8. The van der Waals surface area contributed by atoms with Gasteiger partial charge in [0.05, 0.1) is 41.5 Å². The minimum atomic E-state index is -5.99. The highest BCUT2D eigenvalue weighted by Gasteiger charge is 2.53. The van der Waals surface area contributed by atoms with Crippen molar-refractivity contribution in [2.24, 2.45) is 0 Å². The van der Waals surface area contributed by atoms with E-state index in [4.69, 9.17) is 38.8 Å². The Morgan fingerprint density at radius 1 is 0.578 bits per heavy atom. The minimum absolute atomic E-state index is 0.0509. The van der Waals surface area contributed by atoms with Crippen molar-refractivity contribution in [1.29, 1.82) is 0 Å². The van der Waals surface area contributed by atoms with Gasteiger partial charge in [-0.25, -0.2) is 19.2 Å². The maximum absolute atomic E-state index is 12.8. The highest BCUT2D eigenvalue weighted by atomic mass is 32.3. The molecule has 11 rings (SSSR count). The average Bonchev–Trinajstić information content (AvgIpc) is 0.763. The number of likely N-dealkylation sites (tertiary alicyclic amines) is 3. The number of carbonyl (C=O) groups excluding carboxylic acids is 7. The summed E-state index contributed by atoms with van der Waals surface area (Å²) in [5.41, 5.74) is -13.2. The quantitative estimate of drug-likeness (QED) is 0.00862. The van der Waals surface area contributed by atoms with Gasteiger partial charge in [0.25, 0.3) is 0 Å². The molecule has 640 valence electrons. The van der Waals surface area contributed by atoms with Crippen LogP contribution in [0.4, 0.5) is 59.6 Å². The zero-order chi connectivity index (χ0) is 87.1. The number of piperidine rings is 3. The lowest BCUT2D eigenvalue weighted by atomic mass is 9.80. The van der Waals surface area contributed by atoms with Crippen LogP contribution in [0.25, 0.3) is 5.76 Å². The number of phenols is 1. The number of phenolic OH excluding ortho intramolecular Hbond substituents is 1. The lowest BCUT2D eigenvalue weighted by Crippen LogP contribution is -2.52. The molecule has 6 aliphatic rings. The second-order valence-electron chi connectivity index (χ2n) is 29.2. The molecule has 0 atom stereocenters. The van der Waals surface area contributed by atoms with E-state index in [1.165, 1.54) is 118 Å². The zero-order valence-electron chi connectivity index (χ0n) is 65.2. The van der Waals surface area contributed by atoms with Crippen molar-refractivity contribution in [3.8, 4) is 17.2 Å². The van der Waals surface area contributed by atoms with E-state index in [1.807, 2.05) is 59.7 Å². The van der Waals surface area contributed by atoms with Crippen LogP contribution in [0.5, 0.6) is 17.2 Å². The normalized spacial score (nSPS) is 16.3. The van der Waals surface area contributed by atoms with Crippen LogP contribution in [-0.2, 0) is 57.3 Å². The third-order valence-corrected chi connectivity index (χ3v) is 19.9. The Morgan fingerprint density at radius 2 is 1.03 bits per heavy atom. The van der Waals surface area contributed by atoms with Crippen LogP contribution in [0.1, 0.15) is 164 Å². The number of para-hydroxylation sites is 4. The highest BCUT2D eigenvalue weighted by molar-refractivity contribution is 8.12. The number of ketones is 3. The van der Waals surface area contributed by atoms with Gasteiger partial charge in [0, 0.05) is 83.9 Å². The predicted octanol–water partition coefficient (Wildman–Crippen LogP) is 13.6. The fraction of sp³-hybridized carbons (Fsp3) is 0.480. The van der Waals surface area contributed by atoms with Crippen LogP contribution >= 0.6 is 12.2 Å². The summed E-state index contributed by atoms with van der Waals surface area (Å²) in [7, 11) is -12.1. The molecule has 28 nitrogen and oxygen atoms in total. The molecule has 0 saturated carbocycles. The van der Waals surface area contributed by atoms with E-state index in [9.17, 15) is 89.9 Å². The molecule has 0 unspecified atom stereocenters. The summed E-state index contributed by atoms with van der Waals surface area (Å²) in [6.07, 6.45) is 0.638. The van der Waals surface area contributed by atoms with Crippen molar-refractivity contribution in [2.45, 2.75) is 172 Å². The molecule has 4 N–H and O–H groups in total. The Labute approximate surface area is 670 Å². The summed E-state index contributed by atoms with van der Waals surface area (Å²) in [5, 5.41) is 29.8. The van der Waals surface area contributed by atoms with Gasteiger partial charge in [0.15, 0.2) is 29.6 Å². The standard InChI is InChI=1S/C19H22F3NO6S.C18H23NO4.C10H17NO3.C8H9BO4.C8H5F6NO4S2.C8H8O2.C4H9N/c1-17(2,3)28-16(24)23-10-8-18(9-11-23)12-15(29-30(25,26)19(20,21)22)13-6-4-5-7-14(13)27-18;1-17(2,3)23-16(21)19-10-8-18(9-11-19)12-14(20)13-6-4-5-7-15(13)22-18;1-10(2,3)14-9(13)11-6-4-8(12)5-7-11;1-13-8(10)6-2-4-7(5-3-6)9(11)12;9-7(10,11)18-19-20-15(6-4-2-1-3-5-6)21(16,17)8(12,13)14;1-6(9)7-4-2-3-5-8(7)10;1-2-4-5-3-1/h4-7,12H,8-11H2,1-3H3;4-7H,8-12H2,1-3H3;4-7H2,1-3H3;2-5,11-12H,1H3;1-5H;2-5,10H,1H3;5H,1-4H2. The largest absolute Gasteiger partial charge is 0.550 e. The number of amides is 3. The molecule has 0 aliphatic carbocycles. The van der Waals surface area contributed by atoms with Crippen LogP contribution in [0.15, 0.2) is 133 Å². The maximum atomic E-state index is 12.8. The Bertz CT molecular complexity index is 4370. The number of halogens is 9. The van der Waals surface area contributed by atoms with Gasteiger partial charge in [0.1, 0.15) is 51.0 Å². The molecule has 116 heavy (non-hydrogen) atoms. The maximum Gasteiger partial charge on any atom is 0.550 e. The first-order valence-corrected chi connectivity index (χ1v) is 39.3. The molecule has 5 aromatic carbocycles. The van der Waals surface area contributed by atoms with Crippen molar-refractivity contribution in [3.05, 3.63) is 156 Å². The molecule has 2 spiro atoms. The molecular formula is C75H93BF9N5O23S3. The van der Waals surface area contributed by atoms with Crippen LogP contribution in [0, 0.1) is 0 Å². The summed E-state index contributed by atoms with van der Waals surface area (Å²) in [6.45, 7) is 22.7. The summed E-state index contributed by atoms with van der Waals surface area (Å²) < 4.78 is 197. The molecule has 0 aromatic heterocycles. The lowest BCUT2D eigenvalue weighted by molar-refractivity contribution is -0.440. The third kappa shape index (κ3) is 31.2. The smallest absolute Gasteiger partial charge is 0.507 e. The SMILES string of the molecule is C1CCNC1.CC(=O)c1ccccc1O.CC(C)(C)OC(=O)N1CCC(=O)CC1.CC(C)(C)OC(=O)N1CCC2(C=C(OS(=O)(=O)C(F)(F)F)c3ccccc3O2)CC1.CC(C)(C)OC(=O)N1CCC2(CC1)CC(=O)c1ccccc1O2.COC(=O)c1ccc(B(O)O)cc1.O=S(=O)(N(SOOC(F)(F)F)c1ccccc1)C(F)(F)F. The first-order chi connectivity index (χ1) is 53.7. The molecule has 5 aromatic rings. The molecule has 4 saturated heterocycles. The number of hydrogen-bond donors (Lipinski definition) is 4. The first kappa shape index (κ1) is 97.2. The van der Waals surface area contributed by atoms with Crippen molar-refractivity contribution in [3.63, 3.8) is 0 Å². The van der Waals surface area contributed by atoms with E-state index in [1.54, 1.807) is 60.9 Å². The monoisotopic (exact) mass is 1710 g/mol. The van der Waals surface area contributed by atoms with Crippen LogP contribution in [0.2, 0.25) is 0 Å². The second-order valence-corrected chi connectivity index (χ2v) is 33.4. The fourth-order valence-electron chi connectivity index (χ4n) is 10.9. The van der Waals surface area contributed by atoms with Crippen LogP contribution in [-0.4, -0.2) is 200 Å². The average molecular weight is 1710 g/mol. The summed E-state index contributed by atoms with van der Waals surface area (Å²) in [5.74, 6) is 0.266. The number of nitrogens with one attached hydrogen (secondary N) is 1. The van der Waals surface area contributed by atoms with Gasteiger partial charge >= 0.3 is 68.9 Å². The van der Waals surface area contributed by atoms with E-state index in [2.05, 4.69) is 23.5 Å². The number of esters is 1. The number of nitrogens with zero attached hydrogens (tertiary/aromatic N) is 4. The van der Waals surface area contributed by atoms with E-state index in [0.717, 1.165) is 12.1 Å². The van der Waals surface area contributed by atoms with E-state index in [-0.39, 0.29) is 72.5 Å². The molecule has 0 radical (unpaired) electrons. The van der Waals surface area contributed by atoms with Crippen LogP contribution in [0.3, 0.4) is 0 Å². The molecule has 6 heterocycles. The van der Waals surface area contributed by atoms with E-state index in [0.29, 0.717) is 86.2 Å². The number of methoxy groups -OCH3 is 1. The van der Waals surface area contributed by atoms with Crippen molar-refractivity contribution in [2.75, 3.05) is 63.2 Å². The van der Waals surface area contributed by atoms with Gasteiger partial charge in [-0.15, -0.1) is 22.4 Å². The Morgan fingerprint density at radius 3 is 1.45 bits per heavy atom. The topological polar surface area (TPSA) is 357 Å². The number of fused-ring (bicyclic) bond motifs is 2. The second kappa shape index (κ2) is 41.6. The molecule has 4 fully saturated rings. The summed E-state index contributed by atoms with van der Waals surface area (Å²) in [4.78, 5) is 88.4. The fourth-order valence-corrected chi connectivity index (χ4v) is 12.9. The minimum Gasteiger partial charge on any atom is -0.507 e. The van der Waals surface area contributed by atoms with Gasteiger partial charge in [-0.1, -0.05) is 66.7 Å². The Hall–Kier alpha value is -9.39. The zero-order valence-corrected chi connectivity index (χ0v) is 67.7. The van der Waals surface area contributed by atoms with Crippen molar-refractivity contribution < 1.29 is 147 Å². The lowest BCUT2D eigenvalue weighted by Gasteiger charge is -2.43. The molecule has 3 amide bonds. The third-order valence-electron chi connectivity index (χ3n) is 16.5. The van der Waals surface area contributed by atoms with Gasteiger partial charge in [0.2, 0.25) is 0 Å². The van der Waals surface area contributed by atoms with E-state index < -0.39 is 112 Å². The Kier molecular flexibility index (Phi) is 34.9. The van der Waals surface area contributed by atoms with Gasteiger partial charge in [-0.3, -0.25) is 14.4 Å². The summed E-state index contributed by atoms with van der Waals surface area (Å²) in [6, 6.07) is 31.4. The van der Waals surface area contributed by atoms with Crippen molar-refractivity contribution in [1.82, 2.24) is 20.0 Å². The van der Waals surface area contributed by atoms with Crippen molar-refractivity contribution >= 4 is 98.0 Å². The van der Waals surface area contributed by atoms with E-state index >= 15 is 0 Å². The van der Waals surface area contributed by atoms with Gasteiger partial charge < -0.3 is 67.8 Å². The number of ether oxygens (including phenoxy) is 6. The number of alkyl halides is 9. The van der Waals surface area contributed by atoms with Gasteiger partial charge in [-0.2, -0.15) is 46.9 Å². The molecule has 41 heteroatoms. The van der Waals surface area contributed by atoms with Crippen LogP contribution < -0.4 is 24.0 Å². The highest BCUT2D eigenvalue weighted by Crippen LogP contribution is 2.45. The number of carbonyl (C=O) groups is 7. The predicted molar refractivity (Wildman–Crippen MR) is 406 cm³/mol. The number of rotatable bonds is 10. The number of benzene rings is 5. The molecule has 0 bridgehead atoms. The Balaban J connectivity index is 0.000000253. The number of Topliss-reactive ketones (excluding diaryl/α,β-unsaturated/α-hetero) is 3. The molecular weight excluding hydrogens is 1620 g/mol. The summed E-state index contributed by atoms with van der Waals surface area (Å²) >= 11 is -0.782. The number of hydrogen-bond acceptors (Lipinski definition) is 25. The number of aromatic hydroxyl groups is 1.